The summed E-state index contributed by atoms with van der Waals surface area (Å²) in [5.74, 6) is 0.196. The molecule has 0 bridgehead atoms. The van der Waals surface area contributed by atoms with Crippen molar-refractivity contribution >= 4 is 29.3 Å². The third-order valence-corrected chi connectivity index (χ3v) is 5.07. The van der Waals surface area contributed by atoms with E-state index in [1.807, 2.05) is 30.5 Å². The van der Waals surface area contributed by atoms with E-state index >= 15 is 0 Å². The molecule has 0 saturated carbocycles. The van der Waals surface area contributed by atoms with Gasteiger partial charge in [-0.15, -0.1) is 0 Å². The average Bonchev–Trinajstić information content (AvgIpc) is 2.79. The highest BCUT2D eigenvalue weighted by Gasteiger charge is 2.23. The molecule has 1 N–H and O–H groups in total. The lowest BCUT2D eigenvalue weighted by atomic mass is 10.1. The first-order valence-electron chi connectivity index (χ1n) is 9.87. The zero-order chi connectivity index (χ0) is 22.6. The highest BCUT2D eigenvalue weighted by Crippen LogP contribution is 2.15. The standard InChI is InChI=1S/C22H26N2O6S/c1-3-16-6-4-9-19(14-16)29-11-12-30-22(26)20(10-13-31-2)23-21(25)17-7-5-8-18(15-17)24(27)28/h4-9,14-15,20H,3,10-13H2,1-2H3,(H,23,25). The van der Waals surface area contributed by atoms with Gasteiger partial charge in [0.1, 0.15) is 25.0 Å². The molecule has 0 spiro atoms. The second kappa shape index (κ2) is 12.6. The first kappa shape index (κ1) is 24.2. The molecule has 0 aromatic heterocycles. The molecule has 2 rings (SSSR count). The van der Waals surface area contributed by atoms with Crippen LogP contribution in [0.15, 0.2) is 48.5 Å². The van der Waals surface area contributed by atoms with Crippen molar-refractivity contribution < 1.29 is 24.0 Å². The van der Waals surface area contributed by atoms with Gasteiger partial charge in [-0.3, -0.25) is 14.9 Å². The lowest BCUT2D eigenvalue weighted by Gasteiger charge is -2.17. The Morgan fingerprint density at radius 2 is 1.94 bits per heavy atom. The normalized spacial score (nSPS) is 11.4. The van der Waals surface area contributed by atoms with Crippen LogP contribution in [0.25, 0.3) is 0 Å². The molecule has 0 radical (unpaired) electrons. The maximum atomic E-state index is 12.5. The fourth-order valence-electron chi connectivity index (χ4n) is 2.74. The van der Waals surface area contributed by atoms with E-state index in [4.69, 9.17) is 9.47 Å². The van der Waals surface area contributed by atoms with Crippen molar-refractivity contribution in [2.45, 2.75) is 25.8 Å². The van der Waals surface area contributed by atoms with E-state index in [1.54, 1.807) is 0 Å². The number of amides is 1. The summed E-state index contributed by atoms with van der Waals surface area (Å²) in [6, 6.07) is 12.2. The highest BCUT2D eigenvalue weighted by atomic mass is 32.2. The summed E-state index contributed by atoms with van der Waals surface area (Å²) < 4.78 is 10.9. The molecule has 0 aliphatic heterocycles. The summed E-state index contributed by atoms with van der Waals surface area (Å²) in [7, 11) is 0. The molecule has 2 aromatic carbocycles. The molecule has 8 nitrogen and oxygen atoms in total. The van der Waals surface area contributed by atoms with Crippen molar-refractivity contribution in [2.24, 2.45) is 0 Å². The molecule has 0 fully saturated rings. The van der Waals surface area contributed by atoms with Gasteiger partial charge in [0.2, 0.25) is 0 Å². The number of non-ortho nitro benzene ring substituents is 1. The summed E-state index contributed by atoms with van der Waals surface area (Å²) in [5, 5.41) is 13.5. The van der Waals surface area contributed by atoms with E-state index in [2.05, 4.69) is 12.2 Å². The highest BCUT2D eigenvalue weighted by molar-refractivity contribution is 7.98. The number of rotatable bonds is 12. The molecule has 31 heavy (non-hydrogen) atoms. The lowest BCUT2D eigenvalue weighted by Crippen LogP contribution is -2.42. The van der Waals surface area contributed by atoms with Crippen LogP contribution in [-0.4, -0.2) is 48.1 Å². The molecule has 1 unspecified atom stereocenters. The first-order valence-corrected chi connectivity index (χ1v) is 11.3. The van der Waals surface area contributed by atoms with Crippen LogP contribution in [0.3, 0.4) is 0 Å². The quantitative estimate of drug-likeness (QED) is 0.230. The molecule has 166 valence electrons. The van der Waals surface area contributed by atoms with Gasteiger partial charge in [0, 0.05) is 17.7 Å². The molecule has 1 amide bonds. The number of hydrogen-bond acceptors (Lipinski definition) is 7. The Morgan fingerprint density at radius 1 is 1.16 bits per heavy atom. The van der Waals surface area contributed by atoms with E-state index in [9.17, 15) is 19.7 Å². The number of nitro benzene ring substituents is 1. The molecule has 0 aliphatic carbocycles. The van der Waals surface area contributed by atoms with Crippen molar-refractivity contribution in [1.29, 1.82) is 0 Å². The first-order chi connectivity index (χ1) is 14.9. The number of hydrogen-bond donors (Lipinski definition) is 1. The summed E-state index contributed by atoms with van der Waals surface area (Å²) in [6.07, 6.45) is 3.16. The fourth-order valence-corrected chi connectivity index (χ4v) is 3.22. The largest absolute Gasteiger partial charge is 0.490 e. The molecule has 2 aromatic rings. The predicted molar refractivity (Wildman–Crippen MR) is 120 cm³/mol. The molecular weight excluding hydrogens is 420 g/mol. The zero-order valence-corrected chi connectivity index (χ0v) is 18.4. The monoisotopic (exact) mass is 446 g/mol. The molecule has 0 saturated heterocycles. The molecule has 0 heterocycles. The Balaban J connectivity index is 1.91. The van der Waals surface area contributed by atoms with Crippen LogP contribution >= 0.6 is 11.8 Å². The van der Waals surface area contributed by atoms with E-state index in [0.29, 0.717) is 17.9 Å². The average molecular weight is 447 g/mol. The third kappa shape index (κ3) is 7.93. The van der Waals surface area contributed by atoms with Crippen LogP contribution in [-0.2, 0) is 16.0 Å². The Bertz CT molecular complexity index is 905. The Kier molecular flexibility index (Phi) is 9.83. The molecule has 0 aliphatic rings. The van der Waals surface area contributed by atoms with Gasteiger partial charge < -0.3 is 14.8 Å². The SMILES string of the molecule is CCc1cccc(OCCOC(=O)C(CCSC)NC(=O)c2cccc([N+](=O)[O-])c2)c1. The van der Waals surface area contributed by atoms with Crippen LogP contribution in [0, 0.1) is 10.1 Å². The van der Waals surface area contributed by atoms with Gasteiger partial charge in [-0.25, -0.2) is 4.79 Å². The van der Waals surface area contributed by atoms with Gasteiger partial charge in [0.15, 0.2) is 0 Å². The van der Waals surface area contributed by atoms with E-state index in [1.165, 1.54) is 36.0 Å². The van der Waals surface area contributed by atoms with Gasteiger partial charge in [-0.1, -0.05) is 25.1 Å². The van der Waals surface area contributed by atoms with Gasteiger partial charge in [0.25, 0.3) is 11.6 Å². The van der Waals surface area contributed by atoms with E-state index < -0.39 is 22.8 Å². The smallest absolute Gasteiger partial charge is 0.328 e. The topological polar surface area (TPSA) is 108 Å². The number of thioether (sulfide) groups is 1. The minimum Gasteiger partial charge on any atom is -0.490 e. The number of esters is 1. The molecule has 9 heteroatoms. The van der Waals surface area contributed by atoms with Crippen LogP contribution in [0.1, 0.15) is 29.3 Å². The second-order valence-electron chi connectivity index (χ2n) is 6.63. The lowest BCUT2D eigenvalue weighted by molar-refractivity contribution is -0.384. The number of carbonyl (C=O) groups excluding carboxylic acids is 2. The third-order valence-electron chi connectivity index (χ3n) is 4.42. The Hall–Kier alpha value is -3.07. The summed E-state index contributed by atoms with van der Waals surface area (Å²) in [4.78, 5) is 35.3. The Morgan fingerprint density at radius 3 is 2.65 bits per heavy atom. The molecular formula is C22H26N2O6S. The number of carbonyl (C=O) groups is 2. The van der Waals surface area contributed by atoms with E-state index in [0.717, 1.165) is 12.0 Å². The number of benzene rings is 2. The van der Waals surface area contributed by atoms with Gasteiger partial charge in [-0.2, -0.15) is 11.8 Å². The number of nitrogens with zero attached hydrogens (tertiary/aromatic N) is 1. The number of nitrogens with one attached hydrogen (secondary N) is 1. The van der Waals surface area contributed by atoms with Crippen LogP contribution in [0.2, 0.25) is 0 Å². The number of aryl methyl sites for hydroxylation is 1. The second-order valence-corrected chi connectivity index (χ2v) is 7.62. The van der Waals surface area contributed by atoms with Crippen molar-refractivity contribution in [3.8, 4) is 5.75 Å². The zero-order valence-electron chi connectivity index (χ0n) is 17.5. The summed E-state index contributed by atoms with van der Waals surface area (Å²) >= 11 is 1.53. The minimum atomic E-state index is -0.859. The summed E-state index contributed by atoms with van der Waals surface area (Å²) in [6.45, 7) is 2.28. The van der Waals surface area contributed by atoms with Crippen molar-refractivity contribution in [2.75, 3.05) is 25.2 Å². The van der Waals surface area contributed by atoms with Crippen LogP contribution in [0.4, 0.5) is 5.69 Å². The van der Waals surface area contributed by atoms with Crippen molar-refractivity contribution in [3.05, 3.63) is 69.8 Å². The Labute approximate surface area is 185 Å². The number of ether oxygens (including phenoxy) is 2. The van der Waals surface area contributed by atoms with Crippen molar-refractivity contribution in [1.82, 2.24) is 5.32 Å². The van der Waals surface area contributed by atoms with Gasteiger partial charge >= 0.3 is 5.97 Å². The van der Waals surface area contributed by atoms with Crippen molar-refractivity contribution in [3.63, 3.8) is 0 Å². The van der Waals surface area contributed by atoms with Gasteiger partial charge in [0.05, 0.1) is 4.92 Å². The minimum absolute atomic E-state index is 0.0393. The van der Waals surface area contributed by atoms with Gasteiger partial charge in [-0.05, 0) is 48.6 Å². The number of nitro groups is 1. The maximum absolute atomic E-state index is 12.5. The van der Waals surface area contributed by atoms with Crippen LogP contribution in [0.5, 0.6) is 5.75 Å². The fraction of sp³-hybridized carbons (Fsp3) is 0.364. The summed E-state index contributed by atoms with van der Waals surface area (Å²) in [5.41, 5.74) is 1.06. The molecule has 1 atom stereocenters. The maximum Gasteiger partial charge on any atom is 0.328 e. The predicted octanol–water partition coefficient (Wildman–Crippen LogP) is 3.63. The van der Waals surface area contributed by atoms with E-state index in [-0.39, 0.29) is 24.5 Å². The van der Waals surface area contributed by atoms with Crippen LogP contribution < -0.4 is 10.1 Å².